The van der Waals surface area contributed by atoms with E-state index in [-0.39, 0.29) is 23.9 Å². The summed E-state index contributed by atoms with van der Waals surface area (Å²) in [6.07, 6.45) is 5.50. The van der Waals surface area contributed by atoms with E-state index in [1.807, 2.05) is 67.6 Å². The lowest BCUT2D eigenvalue weighted by Gasteiger charge is -2.37. The Morgan fingerprint density at radius 1 is 1.03 bits per heavy atom. The number of amides is 2. The van der Waals surface area contributed by atoms with Gasteiger partial charge in [0.25, 0.3) is 5.91 Å². The number of fused-ring (bicyclic) bond motifs is 2. The predicted molar refractivity (Wildman–Crippen MR) is 127 cm³/mol. The number of hydrogen-bond acceptors (Lipinski definition) is 6. The molecule has 32 heavy (non-hydrogen) atoms. The zero-order valence-corrected chi connectivity index (χ0v) is 19.1. The fourth-order valence-corrected chi connectivity index (χ4v) is 5.11. The average Bonchev–Trinajstić information content (AvgIpc) is 3.14. The van der Waals surface area contributed by atoms with Crippen molar-refractivity contribution in [3.8, 4) is 0 Å². The Morgan fingerprint density at radius 2 is 1.84 bits per heavy atom. The summed E-state index contributed by atoms with van der Waals surface area (Å²) >= 11 is 1.56. The van der Waals surface area contributed by atoms with E-state index < -0.39 is 0 Å². The minimum Gasteiger partial charge on any atom is -0.346 e. The molecular formula is C24H23N5O2S. The van der Waals surface area contributed by atoms with E-state index in [2.05, 4.69) is 4.98 Å². The Hall–Kier alpha value is -3.39. The van der Waals surface area contributed by atoms with E-state index in [4.69, 9.17) is 4.98 Å². The number of aromatic nitrogens is 2. The lowest BCUT2D eigenvalue weighted by Crippen LogP contribution is -2.49. The highest BCUT2D eigenvalue weighted by atomic mass is 32.2. The van der Waals surface area contributed by atoms with Crippen LogP contribution >= 0.6 is 11.8 Å². The summed E-state index contributed by atoms with van der Waals surface area (Å²) in [4.78, 5) is 41.7. The van der Waals surface area contributed by atoms with Crippen molar-refractivity contribution in [2.24, 2.45) is 0 Å². The topological polar surface area (TPSA) is 69.6 Å². The van der Waals surface area contributed by atoms with Gasteiger partial charge in [0.2, 0.25) is 5.91 Å². The highest BCUT2D eigenvalue weighted by Gasteiger charge is 2.42. The molecule has 0 aliphatic carbocycles. The van der Waals surface area contributed by atoms with Crippen molar-refractivity contribution in [1.82, 2.24) is 9.97 Å². The second-order valence-corrected chi connectivity index (χ2v) is 8.83. The Bertz CT molecular complexity index is 1230. The van der Waals surface area contributed by atoms with Gasteiger partial charge in [-0.2, -0.15) is 0 Å². The fraction of sp³-hybridized carbons (Fsp3) is 0.250. The van der Waals surface area contributed by atoms with Gasteiger partial charge >= 0.3 is 0 Å². The quantitative estimate of drug-likeness (QED) is 0.572. The van der Waals surface area contributed by atoms with Gasteiger partial charge in [-0.15, -0.1) is 11.8 Å². The first-order valence-corrected chi connectivity index (χ1v) is 11.6. The summed E-state index contributed by atoms with van der Waals surface area (Å²) in [5.74, 6) is 1.16. The molecule has 3 aromatic rings. The van der Waals surface area contributed by atoms with E-state index in [0.29, 0.717) is 17.2 Å². The van der Waals surface area contributed by atoms with Crippen molar-refractivity contribution >= 4 is 40.9 Å². The van der Waals surface area contributed by atoms with Crippen molar-refractivity contribution in [1.29, 1.82) is 0 Å². The van der Waals surface area contributed by atoms with E-state index in [1.165, 1.54) is 0 Å². The molecule has 4 heterocycles. The maximum Gasteiger partial charge on any atom is 0.261 e. The summed E-state index contributed by atoms with van der Waals surface area (Å²) in [7, 11) is 3.61. The van der Waals surface area contributed by atoms with Crippen molar-refractivity contribution < 1.29 is 9.59 Å². The molecule has 2 aromatic heterocycles. The molecule has 2 aliphatic rings. The van der Waals surface area contributed by atoms with Crippen LogP contribution in [0, 0.1) is 0 Å². The van der Waals surface area contributed by atoms with Crippen LogP contribution in [0.3, 0.4) is 0 Å². The van der Waals surface area contributed by atoms with Crippen LogP contribution in [-0.4, -0.2) is 48.2 Å². The van der Waals surface area contributed by atoms with E-state index in [9.17, 15) is 9.59 Å². The normalized spacial score (nSPS) is 19.9. The highest BCUT2D eigenvalue weighted by Crippen LogP contribution is 2.45. The number of benzene rings is 1. The van der Waals surface area contributed by atoms with Crippen molar-refractivity contribution in [3.63, 3.8) is 0 Å². The smallest absolute Gasteiger partial charge is 0.261 e. The summed E-state index contributed by atoms with van der Waals surface area (Å²) in [6.45, 7) is 1.86. The van der Waals surface area contributed by atoms with Gasteiger partial charge in [0.15, 0.2) is 5.82 Å². The summed E-state index contributed by atoms with van der Waals surface area (Å²) in [5, 5.41) is 0. The molecule has 0 radical (unpaired) electrons. The second-order valence-electron chi connectivity index (χ2n) is 7.98. The number of thioether (sulfide) groups is 1. The minimum atomic E-state index is -0.334. The fourth-order valence-electron chi connectivity index (χ4n) is 4.49. The zero-order valence-electron chi connectivity index (χ0n) is 18.3. The third-order valence-electron chi connectivity index (χ3n) is 6.31. The van der Waals surface area contributed by atoms with Crippen molar-refractivity contribution in [3.05, 3.63) is 71.5 Å². The number of anilines is 3. The molecule has 0 saturated carbocycles. The Balaban J connectivity index is 1.69. The molecule has 7 nitrogen and oxygen atoms in total. The first-order chi connectivity index (χ1) is 15.4. The molecule has 0 spiro atoms. The van der Waals surface area contributed by atoms with Crippen LogP contribution in [0.4, 0.5) is 17.3 Å². The molecule has 1 aromatic carbocycles. The SMILES string of the molecule is CSc1cccc2c1C(=O)N(c1ccc3c(n1)N(C)[C@H](C)C(=O)N3C)C2c1cccnc1. The minimum absolute atomic E-state index is 0.0112. The third-order valence-corrected chi connectivity index (χ3v) is 7.10. The Morgan fingerprint density at radius 3 is 2.56 bits per heavy atom. The third kappa shape index (κ3) is 2.90. The van der Waals surface area contributed by atoms with Gasteiger partial charge < -0.3 is 9.80 Å². The molecule has 1 unspecified atom stereocenters. The number of nitrogens with zero attached hydrogens (tertiary/aromatic N) is 5. The molecule has 0 fully saturated rings. The molecule has 2 aliphatic heterocycles. The maximum atomic E-state index is 13.8. The van der Waals surface area contributed by atoms with Gasteiger partial charge in [0.1, 0.15) is 11.9 Å². The van der Waals surface area contributed by atoms with Crippen LogP contribution in [0.2, 0.25) is 0 Å². The van der Waals surface area contributed by atoms with Gasteiger partial charge in [0, 0.05) is 31.4 Å². The van der Waals surface area contributed by atoms with E-state index in [0.717, 1.165) is 21.7 Å². The molecule has 8 heteroatoms. The maximum absolute atomic E-state index is 13.8. The first-order valence-electron chi connectivity index (χ1n) is 10.4. The van der Waals surface area contributed by atoms with E-state index >= 15 is 0 Å². The van der Waals surface area contributed by atoms with Gasteiger partial charge in [-0.1, -0.05) is 18.2 Å². The zero-order chi connectivity index (χ0) is 22.6. The van der Waals surface area contributed by atoms with Crippen molar-refractivity contribution in [2.75, 3.05) is 35.1 Å². The van der Waals surface area contributed by atoms with Gasteiger partial charge in [0.05, 0.1) is 17.3 Å². The highest BCUT2D eigenvalue weighted by molar-refractivity contribution is 7.98. The van der Waals surface area contributed by atoms with Crippen molar-refractivity contribution in [2.45, 2.75) is 23.9 Å². The van der Waals surface area contributed by atoms with Crippen LogP contribution in [0.1, 0.15) is 34.5 Å². The van der Waals surface area contributed by atoms with Crippen LogP contribution < -0.4 is 14.7 Å². The molecule has 0 bridgehead atoms. The molecule has 0 saturated heterocycles. The molecule has 0 N–H and O–H groups in total. The van der Waals surface area contributed by atoms with Crippen LogP contribution in [0.15, 0.2) is 59.8 Å². The standard InChI is InChI=1S/C24H23N5O2S/c1-14-23(30)28(3)17-10-11-19(26-22(17)27(14)2)29-21(15-7-6-12-25-13-15)16-8-5-9-18(32-4)20(16)24(29)31/h5-14,21H,1-4H3/t14-,21?/m1/s1. The number of likely N-dealkylation sites (N-methyl/N-ethyl adjacent to an activating group) is 2. The van der Waals surface area contributed by atoms with Gasteiger partial charge in [-0.25, -0.2) is 4.98 Å². The summed E-state index contributed by atoms with van der Waals surface area (Å²) in [5.41, 5.74) is 3.31. The Kier molecular flexibility index (Phi) is 4.89. The van der Waals surface area contributed by atoms with Gasteiger partial charge in [-0.05, 0) is 48.6 Å². The molecule has 5 rings (SSSR count). The van der Waals surface area contributed by atoms with Crippen LogP contribution in [0.5, 0.6) is 0 Å². The number of hydrogen-bond donors (Lipinski definition) is 0. The number of pyridine rings is 2. The number of carbonyl (C=O) groups is 2. The molecule has 2 atom stereocenters. The lowest BCUT2D eigenvalue weighted by atomic mass is 9.99. The van der Waals surface area contributed by atoms with Crippen LogP contribution in [-0.2, 0) is 4.79 Å². The molecule has 2 amide bonds. The predicted octanol–water partition coefficient (Wildman–Crippen LogP) is 3.75. The Labute approximate surface area is 191 Å². The second kappa shape index (κ2) is 7.63. The molecular weight excluding hydrogens is 422 g/mol. The number of carbonyl (C=O) groups excluding carboxylic acids is 2. The largest absolute Gasteiger partial charge is 0.346 e. The van der Waals surface area contributed by atoms with E-state index in [1.54, 1.807) is 41.0 Å². The van der Waals surface area contributed by atoms with Gasteiger partial charge in [-0.3, -0.25) is 19.5 Å². The lowest BCUT2D eigenvalue weighted by molar-refractivity contribution is -0.119. The number of rotatable bonds is 3. The first kappa shape index (κ1) is 20.5. The van der Waals surface area contributed by atoms with Crippen LogP contribution in [0.25, 0.3) is 0 Å². The monoisotopic (exact) mass is 445 g/mol. The summed E-state index contributed by atoms with van der Waals surface area (Å²) < 4.78 is 0. The molecule has 162 valence electrons. The average molecular weight is 446 g/mol. The summed E-state index contributed by atoms with van der Waals surface area (Å²) in [6, 6.07) is 12.9.